The monoisotopic (exact) mass is 312 g/mol. The first kappa shape index (κ1) is 16.1. The maximum absolute atomic E-state index is 13.0. The molecule has 118 valence electrons. The Balaban J connectivity index is 2.57. The third-order valence-electron chi connectivity index (χ3n) is 3.15. The molecular formula is C16H15F3O3. The van der Waals surface area contributed by atoms with E-state index in [2.05, 4.69) is 0 Å². The van der Waals surface area contributed by atoms with Gasteiger partial charge in [0.1, 0.15) is 17.9 Å². The standard InChI is InChI=1S/C16H15F3O3/c1-9(2)6-7-21-13-5-4-11-12(16(17,18)19)8-14(20)22-15(11)10(13)3/h4-6,8H,7H2,1-3H3. The Morgan fingerprint density at radius 3 is 2.59 bits per heavy atom. The molecule has 0 aliphatic heterocycles. The molecule has 0 unspecified atom stereocenters. The lowest BCUT2D eigenvalue weighted by Gasteiger charge is -2.13. The number of hydrogen-bond acceptors (Lipinski definition) is 3. The van der Waals surface area contributed by atoms with Crippen molar-refractivity contribution in [2.75, 3.05) is 6.61 Å². The van der Waals surface area contributed by atoms with E-state index >= 15 is 0 Å². The molecule has 0 amide bonds. The van der Waals surface area contributed by atoms with Gasteiger partial charge in [-0.25, -0.2) is 4.79 Å². The zero-order valence-corrected chi connectivity index (χ0v) is 12.4. The van der Waals surface area contributed by atoms with Crippen molar-refractivity contribution in [1.29, 1.82) is 0 Å². The Kier molecular flexibility index (Phi) is 4.30. The van der Waals surface area contributed by atoms with Crippen LogP contribution in [0.4, 0.5) is 13.2 Å². The Bertz CT molecular complexity index is 782. The third kappa shape index (κ3) is 3.32. The summed E-state index contributed by atoms with van der Waals surface area (Å²) in [5, 5.41) is -0.154. The highest BCUT2D eigenvalue weighted by molar-refractivity contribution is 5.85. The average molecular weight is 312 g/mol. The summed E-state index contributed by atoms with van der Waals surface area (Å²) >= 11 is 0. The lowest BCUT2D eigenvalue weighted by molar-refractivity contribution is -0.136. The Morgan fingerprint density at radius 1 is 1.32 bits per heavy atom. The molecule has 0 spiro atoms. The van der Waals surface area contributed by atoms with Gasteiger partial charge >= 0.3 is 11.8 Å². The minimum Gasteiger partial charge on any atom is -0.489 e. The van der Waals surface area contributed by atoms with Crippen LogP contribution in [-0.4, -0.2) is 6.61 Å². The van der Waals surface area contributed by atoms with Crippen LogP contribution in [0.3, 0.4) is 0 Å². The molecule has 22 heavy (non-hydrogen) atoms. The van der Waals surface area contributed by atoms with E-state index in [-0.39, 0.29) is 17.6 Å². The summed E-state index contributed by atoms with van der Waals surface area (Å²) in [5.41, 5.74) is -0.719. The van der Waals surface area contributed by atoms with Crippen molar-refractivity contribution in [3.05, 3.63) is 51.4 Å². The van der Waals surface area contributed by atoms with Gasteiger partial charge < -0.3 is 9.15 Å². The second-order valence-corrected chi connectivity index (χ2v) is 5.13. The smallest absolute Gasteiger partial charge is 0.417 e. The topological polar surface area (TPSA) is 39.4 Å². The van der Waals surface area contributed by atoms with E-state index in [1.807, 2.05) is 19.9 Å². The molecule has 0 bridgehead atoms. The predicted molar refractivity (Wildman–Crippen MR) is 77.1 cm³/mol. The summed E-state index contributed by atoms with van der Waals surface area (Å²) in [7, 11) is 0. The molecule has 1 aromatic heterocycles. The highest BCUT2D eigenvalue weighted by Gasteiger charge is 2.34. The minimum absolute atomic E-state index is 0.102. The van der Waals surface area contributed by atoms with E-state index in [9.17, 15) is 18.0 Å². The molecule has 0 fully saturated rings. The molecule has 0 radical (unpaired) electrons. The number of aryl methyl sites for hydroxylation is 1. The largest absolute Gasteiger partial charge is 0.489 e. The van der Waals surface area contributed by atoms with Crippen LogP contribution in [0.25, 0.3) is 11.0 Å². The van der Waals surface area contributed by atoms with Crippen LogP contribution in [-0.2, 0) is 6.18 Å². The Labute approximate surface area is 125 Å². The summed E-state index contributed by atoms with van der Waals surface area (Å²) in [6, 6.07) is 3.17. The van der Waals surface area contributed by atoms with E-state index in [1.54, 1.807) is 6.92 Å². The normalized spacial score (nSPS) is 11.5. The van der Waals surface area contributed by atoms with E-state index in [1.165, 1.54) is 12.1 Å². The van der Waals surface area contributed by atoms with Crippen molar-refractivity contribution >= 4 is 11.0 Å². The van der Waals surface area contributed by atoms with Gasteiger partial charge in [0.2, 0.25) is 0 Å². The van der Waals surface area contributed by atoms with E-state index in [4.69, 9.17) is 9.15 Å². The molecule has 2 rings (SSSR count). The van der Waals surface area contributed by atoms with Crippen molar-refractivity contribution in [2.24, 2.45) is 0 Å². The van der Waals surface area contributed by atoms with Gasteiger partial charge in [0.25, 0.3) is 0 Å². The number of benzene rings is 1. The zero-order chi connectivity index (χ0) is 16.5. The molecule has 6 heteroatoms. The number of ether oxygens (including phenoxy) is 1. The highest BCUT2D eigenvalue weighted by Crippen LogP contribution is 2.36. The van der Waals surface area contributed by atoms with Gasteiger partial charge in [-0.05, 0) is 39.0 Å². The van der Waals surface area contributed by atoms with Crippen molar-refractivity contribution in [1.82, 2.24) is 0 Å². The Morgan fingerprint density at radius 2 is 2.00 bits per heavy atom. The van der Waals surface area contributed by atoms with Crippen LogP contribution in [0, 0.1) is 6.92 Å². The molecule has 2 aromatic rings. The number of alkyl halides is 3. The lowest BCUT2D eigenvalue weighted by atomic mass is 10.1. The molecule has 0 aliphatic rings. The third-order valence-corrected chi connectivity index (χ3v) is 3.15. The molecular weight excluding hydrogens is 297 g/mol. The van der Waals surface area contributed by atoms with Gasteiger partial charge in [-0.3, -0.25) is 0 Å². The molecule has 1 heterocycles. The van der Waals surface area contributed by atoms with E-state index in [0.29, 0.717) is 17.4 Å². The average Bonchev–Trinajstić information content (AvgIpc) is 2.40. The second-order valence-electron chi connectivity index (χ2n) is 5.13. The quantitative estimate of drug-likeness (QED) is 0.620. The van der Waals surface area contributed by atoms with Crippen LogP contribution in [0.5, 0.6) is 5.75 Å². The molecule has 0 saturated heterocycles. The maximum atomic E-state index is 13.0. The van der Waals surface area contributed by atoms with Crippen molar-refractivity contribution in [3.63, 3.8) is 0 Å². The van der Waals surface area contributed by atoms with Crippen LogP contribution in [0.1, 0.15) is 25.0 Å². The SMILES string of the molecule is CC(C)=CCOc1ccc2c(C(F)(F)F)cc(=O)oc2c1C. The fraction of sp³-hybridized carbons (Fsp3) is 0.312. The summed E-state index contributed by atoms with van der Waals surface area (Å²) in [6.07, 6.45) is -2.78. The van der Waals surface area contributed by atoms with Crippen LogP contribution in [0.2, 0.25) is 0 Å². The number of allylic oxidation sites excluding steroid dienone is 1. The van der Waals surface area contributed by atoms with Crippen molar-refractivity contribution < 1.29 is 22.3 Å². The molecule has 1 aromatic carbocycles. The lowest BCUT2D eigenvalue weighted by Crippen LogP contribution is -2.11. The number of fused-ring (bicyclic) bond motifs is 1. The van der Waals surface area contributed by atoms with Gasteiger partial charge in [-0.15, -0.1) is 0 Å². The first-order valence-corrected chi connectivity index (χ1v) is 6.61. The first-order valence-electron chi connectivity index (χ1n) is 6.61. The van der Waals surface area contributed by atoms with Gasteiger partial charge in [0.15, 0.2) is 0 Å². The Hall–Kier alpha value is -2.24. The number of halogens is 3. The summed E-state index contributed by atoms with van der Waals surface area (Å²) < 4.78 is 49.5. The molecule has 0 saturated carbocycles. The van der Waals surface area contributed by atoms with E-state index in [0.717, 1.165) is 5.57 Å². The molecule has 0 atom stereocenters. The summed E-state index contributed by atoms with van der Waals surface area (Å²) in [6.45, 7) is 5.66. The van der Waals surface area contributed by atoms with Crippen LogP contribution in [0.15, 0.2) is 39.1 Å². The van der Waals surface area contributed by atoms with Gasteiger partial charge in [0, 0.05) is 17.0 Å². The minimum atomic E-state index is -4.62. The van der Waals surface area contributed by atoms with Crippen LogP contribution >= 0.6 is 0 Å². The molecule has 0 aliphatic carbocycles. The zero-order valence-electron chi connectivity index (χ0n) is 12.4. The molecule has 0 N–H and O–H groups in total. The summed E-state index contributed by atoms with van der Waals surface area (Å²) in [5.74, 6) is 0.382. The van der Waals surface area contributed by atoms with Crippen molar-refractivity contribution in [3.8, 4) is 5.75 Å². The fourth-order valence-electron chi connectivity index (χ4n) is 2.03. The first-order chi connectivity index (χ1) is 10.2. The number of hydrogen-bond donors (Lipinski definition) is 0. The predicted octanol–water partition coefficient (Wildman–Crippen LogP) is 4.47. The fourth-order valence-corrected chi connectivity index (χ4v) is 2.03. The van der Waals surface area contributed by atoms with Gasteiger partial charge in [-0.2, -0.15) is 13.2 Å². The van der Waals surface area contributed by atoms with Crippen molar-refractivity contribution in [2.45, 2.75) is 26.9 Å². The molecule has 3 nitrogen and oxygen atoms in total. The van der Waals surface area contributed by atoms with Gasteiger partial charge in [0.05, 0.1) is 5.56 Å². The summed E-state index contributed by atoms with van der Waals surface area (Å²) in [4.78, 5) is 11.4. The number of rotatable bonds is 3. The highest BCUT2D eigenvalue weighted by atomic mass is 19.4. The second kappa shape index (κ2) is 5.87. The van der Waals surface area contributed by atoms with E-state index < -0.39 is 17.4 Å². The maximum Gasteiger partial charge on any atom is 0.417 e. The van der Waals surface area contributed by atoms with Crippen LogP contribution < -0.4 is 10.4 Å². The van der Waals surface area contributed by atoms with Gasteiger partial charge in [-0.1, -0.05) is 5.57 Å².